The average Bonchev–Trinajstić information content (AvgIpc) is 2.56. The Morgan fingerprint density at radius 3 is 2.46 bits per heavy atom. The number of amides is 1. The molecule has 6 nitrogen and oxygen atoms in total. The normalized spacial score (nSPS) is 15.2. The van der Waals surface area contributed by atoms with Crippen molar-refractivity contribution in [3.05, 3.63) is 35.4 Å². The van der Waals surface area contributed by atoms with E-state index in [2.05, 4.69) is 10.7 Å². The fourth-order valence-corrected chi connectivity index (χ4v) is 2.69. The fourth-order valence-electron chi connectivity index (χ4n) is 2.59. The van der Waals surface area contributed by atoms with Crippen LogP contribution in [0, 0.1) is 22.9 Å². The molecule has 1 amide bonds. The van der Waals surface area contributed by atoms with Gasteiger partial charge in [0.25, 0.3) is 0 Å². The van der Waals surface area contributed by atoms with Crippen molar-refractivity contribution in [2.75, 3.05) is 11.4 Å². The van der Waals surface area contributed by atoms with Crippen molar-refractivity contribution in [3.8, 4) is 23.8 Å². The first kappa shape index (κ1) is 17.9. The molecule has 0 unspecified atom stereocenters. The first-order valence-electron chi connectivity index (χ1n) is 7.29. The van der Waals surface area contributed by atoms with Gasteiger partial charge >= 0.3 is 29.4 Å². The van der Waals surface area contributed by atoms with Gasteiger partial charge in [-0.05, 0) is 0 Å². The Morgan fingerprint density at radius 2 is 1.88 bits per heavy atom. The third-order valence-corrected chi connectivity index (χ3v) is 4.35. The van der Waals surface area contributed by atoms with Crippen LogP contribution < -0.4 is 18.8 Å². The zero-order chi connectivity index (χ0) is 19.2. The second-order valence-corrected chi connectivity index (χ2v) is 5.99. The molecule has 1 aliphatic rings. The van der Waals surface area contributed by atoms with Crippen molar-refractivity contribution >= 4 is 23.8 Å². The predicted octanol–water partition coefficient (Wildman–Crippen LogP) is 0.946. The highest BCUT2D eigenvalue weighted by Gasteiger charge is 2.51. The summed E-state index contributed by atoms with van der Waals surface area (Å²) in [5.74, 6) is -0.764. The number of anilines is 1. The minimum Gasteiger partial charge on any atom is -0.423 e. The van der Waals surface area contributed by atoms with E-state index in [1.807, 2.05) is 0 Å². The van der Waals surface area contributed by atoms with E-state index in [-0.39, 0.29) is 11.4 Å². The number of aryl methyl sites for hydroxylation is 2. The molecule has 1 aromatic carbocycles. The molecule has 0 atom stereocenters. The van der Waals surface area contributed by atoms with E-state index < -0.39 is 30.1 Å². The fraction of sp³-hybridized carbons (Fsp3) is 0.250. The molecule has 10 heteroatoms. The van der Waals surface area contributed by atoms with E-state index >= 15 is 0 Å². The number of benzene rings is 1. The lowest BCUT2D eigenvalue weighted by atomic mass is 10.2. The van der Waals surface area contributed by atoms with Crippen molar-refractivity contribution in [2.45, 2.75) is 6.11 Å². The minimum atomic E-state index is -4.12. The lowest BCUT2D eigenvalue weighted by Crippen LogP contribution is -2.51. The standard InChI is InChI=1S/C16H13F3N4O2S/c1-4-5-23-12-7-11(22-8-20(2)15(26)21(3)9-22)10(17)6-13(12)25-16(18,19)14(23)24/h1,6-9H,5H2,2-3H3/q+2. The quantitative estimate of drug-likeness (QED) is 0.441. The molecule has 2 aromatic rings. The van der Waals surface area contributed by atoms with Crippen molar-refractivity contribution in [1.82, 2.24) is 4.57 Å². The van der Waals surface area contributed by atoms with Crippen molar-refractivity contribution < 1.29 is 31.8 Å². The van der Waals surface area contributed by atoms with Gasteiger partial charge < -0.3 is 4.74 Å². The maximum Gasteiger partial charge on any atom is 0.483 e. The molecule has 0 N–H and O–H groups in total. The maximum absolute atomic E-state index is 14.6. The van der Waals surface area contributed by atoms with Crippen LogP contribution in [0.2, 0.25) is 0 Å². The van der Waals surface area contributed by atoms with E-state index in [0.717, 1.165) is 6.07 Å². The van der Waals surface area contributed by atoms with E-state index in [1.165, 1.54) is 23.3 Å². The van der Waals surface area contributed by atoms with Crippen molar-refractivity contribution in [2.24, 2.45) is 14.1 Å². The molecule has 0 bridgehead atoms. The van der Waals surface area contributed by atoms with Crippen LogP contribution in [0.5, 0.6) is 5.75 Å². The van der Waals surface area contributed by atoms with E-state index in [9.17, 15) is 18.0 Å². The zero-order valence-corrected chi connectivity index (χ0v) is 14.6. The monoisotopic (exact) mass is 382 g/mol. The summed E-state index contributed by atoms with van der Waals surface area (Å²) in [5.41, 5.74) is -0.0379. The molecule has 1 aliphatic heterocycles. The highest BCUT2D eigenvalue weighted by atomic mass is 32.1. The van der Waals surface area contributed by atoms with E-state index in [4.69, 9.17) is 18.6 Å². The van der Waals surface area contributed by atoms with Crippen LogP contribution in [-0.2, 0) is 18.9 Å². The van der Waals surface area contributed by atoms with Crippen LogP contribution in [0.15, 0.2) is 24.8 Å². The Kier molecular flexibility index (Phi) is 4.20. The topological polar surface area (TPSA) is 42.2 Å². The van der Waals surface area contributed by atoms with Gasteiger partial charge in [0, 0.05) is 24.4 Å². The molecular weight excluding hydrogens is 369 g/mol. The molecule has 3 rings (SSSR count). The van der Waals surface area contributed by atoms with Crippen LogP contribution in [0.25, 0.3) is 5.69 Å². The number of alkyl halides is 2. The molecule has 0 saturated heterocycles. The Labute approximate surface area is 151 Å². The maximum atomic E-state index is 14.6. The first-order chi connectivity index (χ1) is 12.2. The SMILES string of the molecule is C#CCN1C(=O)C(F)(F)Oc2cc(F)c(-n3c[n+](C)c(=S)[n+](C)c3)cc21. The van der Waals surface area contributed by atoms with Crippen LogP contribution in [0.3, 0.4) is 0 Å². The molecule has 26 heavy (non-hydrogen) atoms. The van der Waals surface area contributed by atoms with Gasteiger partial charge in [-0.3, -0.25) is 9.69 Å². The molecule has 0 spiro atoms. The van der Waals surface area contributed by atoms with Crippen LogP contribution in [0.1, 0.15) is 0 Å². The number of terminal acetylenes is 1. The van der Waals surface area contributed by atoms with Gasteiger partial charge in [0.2, 0.25) is 5.69 Å². The van der Waals surface area contributed by atoms with Gasteiger partial charge in [-0.25, -0.2) is 4.39 Å². The van der Waals surface area contributed by atoms with Gasteiger partial charge in [-0.1, -0.05) is 5.92 Å². The third kappa shape index (κ3) is 2.80. The predicted molar refractivity (Wildman–Crippen MR) is 85.7 cm³/mol. The van der Waals surface area contributed by atoms with Gasteiger partial charge in [-0.2, -0.15) is 17.9 Å². The summed E-state index contributed by atoms with van der Waals surface area (Å²) in [5, 5.41) is 0. The summed E-state index contributed by atoms with van der Waals surface area (Å²) in [7, 11) is 3.35. The van der Waals surface area contributed by atoms with Crippen molar-refractivity contribution in [1.29, 1.82) is 0 Å². The van der Waals surface area contributed by atoms with Gasteiger partial charge in [0.15, 0.2) is 11.6 Å². The van der Waals surface area contributed by atoms with E-state index in [0.29, 0.717) is 9.67 Å². The van der Waals surface area contributed by atoms with Gasteiger partial charge in [-0.15, -0.1) is 11.0 Å². The number of hydrogen-bond donors (Lipinski definition) is 0. The molecule has 0 aliphatic carbocycles. The molecule has 0 radical (unpaired) electrons. The Bertz CT molecular complexity index is 1000. The summed E-state index contributed by atoms with van der Waals surface area (Å²) in [4.78, 5) is 12.6. The molecule has 134 valence electrons. The largest absolute Gasteiger partial charge is 0.483 e. The Morgan fingerprint density at radius 1 is 1.27 bits per heavy atom. The lowest BCUT2D eigenvalue weighted by Gasteiger charge is -2.32. The smallest absolute Gasteiger partial charge is 0.423 e. The third-order valence-electron chi connectivity index (χ3n) is 3.78. The summed E-state index contributed by atoms with van der Waals surface area (Å²) in [6, 6.07) is 2.02. The Balaban J connectivity index is 2.22. The number of carbonyl (C=O) groups excluding carboxylic acids is 1. The number of fused-ring (bicyclic) bond motifs is 1. The summed E-state index contributed by atoms with van der Waals surface area (Å²) >= 11 is 5.17. The number of rotatable bonds is 2. The summed E-state index contributed by atoms with van der Waals surface area (Å²) in [6.45, 7) is -0.410. The lowest BCUT2D eigenvalue weighted by molar-refractivity contribution is -0.822. The average molecular weight is 382 g/mol. The van der Waals surface area contributed by atoms with Crippen LogP contribution in [-0.4, -0.2) is 23.1 Å². The molecule has 0 saturated carbocycles. The number of aromatic nitrogens is 3. The number of nitrogens with zero attached hydrogens (tertiary/aromatic N) is 4. The number of halogens is 3. The molecule has 1 aromatic heterocycles. The second-order valence-electron chi connectivity index (χ2n) is 5.63. The first-order valence-corrected chi connectivity index (χ1v) is 7.70. The molecule has 0 fully saturated rings. The van der Waals surface area contributed by atoms with Crippen LogP contribution in [0.4, 0.5) is 18.9 Å². The highest BCUT2D eigenvalue weighted by molar-refractivity contribution is 7.71. The second kappa shape index (κ2) is 6.10. The van der Waals surface area contributed by atoms with Gasteiger partial charge in [0.05, 0.1) is 12.2 Å². The highest BCUT2D eigenvalue weighted by Crippen LogP contribution is 2.41. The zero-order valence-electron chi connectivity index (χ0n) is 13.7. The van der Waals surface area contributed by atoms with Crippen molar-refractivity contribution in [3.63, 3.8) is 0 Å². The minimum absolute atomic E-state index is 0.00795. The number of hydrogen-bond acceptors (Lipinski definition) is 3. The van der Waals surface area contributed by atoms with Gasteiger partial charge in [0.1, 0.15) is 14.1 Å². The summed E-state index contributed by atoms with van der Waals surface area (Å²) < 4.78 is 51.4. The summed E-state index contributed by atoms with van der Waals surface area (Å²) in [6.07, 6.45) is 4.08. The van der Waals surface area contributed by atoms with E-state index in [1.54, 1.807) is 23.2 Å². The number of carbonyl (C=O) groups is 1. The number of ether oxygens (including phenoxy) is 1. The Hall–Kier alpha value is -2.93. The molecular formula is C16H13F3N4O2S+2. The molecule has 2 heterocycles. The van der Waals surface area contributed by atoms with Crippen LogP contribution >= 0.6 is 12.2 Å².